The standard InChI is InChI=1S/C8H15NO2/c1-5-7(10-3)8(11-4)6-9-2/h6H,5H2,1-4H3/b8-7-,9-6?. The van der Waals surface area contributed by atoms with Gasteiger partial charge in [0.05, 0.1) is 20.4 Å². The summed E-state index contributed by atoms with van der Waals surface area (Å²) in [5.41, 5.74) is 0. The summed E-state index contributed by atoms with van der Waals surface area (Å²) in [5.74, 6) is 1.51. The van der Waals surface area contributed by atoms with Crippen molar-refractivity contribution in [3.8, 4) is 0 Å². The summed E-state index contributed by atoms with van der Waals surface area (Å²) in [7, 11) is 4.93. The van der Waals surface area contributed by atoms with E-state index in [1.807, 2.05) is 6.92 Å². The molecule has 0 aromatic heterocycles. The fourth-order valence-electron chi connectivity index (χ4n) is 0.775. The Hall–Kier alpha value is -0.990. The summed E-state index contributed by atoms with van der Waals surface area (Å²) in [4.78, 5) is 3.84. The lowest BCUT2D eigenvalue weighted by Crippen LogP contribution is -1.97. The van der Waals surface area contributed by atoms with Gasteiger partial charge in [0.15, 0.2) is 5.76 Å². The van der Waals surface area contributed by atoms with Gasteiger partial charge in [0.2, 0.25) is 0 Å². The highest BCUT2D eigenvalue weighted by atomic mass is 16.5. The van der Waals surface area contributed by atoms with Crippen LogP contribution in [0.3, 0.4) is 0 Å². The van der Waals surface area contributed by atoms with Gasteiger partial charge in [0, 0.05) is 13.5 Å². The van der Waals surface area contributed by atoms with Crippen LogP contribution in [-0.2, 0) is 9.47 Å². The molecular formula is C8H15NO2. The maximum atomic E-state index is 5.07. The van der Waals surface area contributed by atoms with E-state index in [-0.39, 0.29) is 0 Å². The second-order valence-electron chi connectivity index (χ2n) is 1.94. The van der Waals surface area contributed by atoms with Crippen molar-refractivity contribution >= 4 is 6.21 Å². The minimum Gasteiger partial charge on any atom is -0.497 e. The van der Waals surface area contributed by atoms with E-state index in [1.165, 1.54) is 0 Å². The average molecular weight is 157 g/mol. The highest BCUT2D eigenvalue weighted by molar-refractivity contribution is 5.76. The lowest BCUT2D eigenvalue weighted by molar-refractivity contribution is 0.230. The summed E-state index contributed by atoms with van der Waals surface area (Å²) in [6.45, 7) is 2.00. The van der Waals surface area contributed by atoms with E-state index in [1.54, 1.807) is 27.5 Å². The third-order valence-corrected chi connectivity index (χ3v) is 1.31. The highest BCUT2D eigenvalue weighted by Gasteiger charge is 2.01. The maximum absolute atomic E-state index is 5.07. The highest BCUT2D eigenvalue weighted by Crippen LogP contribution is 2.07. The van der Waals surface area contributed by atoms with E-state index in [2.05, 4.69) is 4.99 Å². The molecule has 0 spiro atoms. The Bertz CT molecular complexity index is 155. The number of aliphatic imine (C=N–C) groups is 1. The molecule has 0 N–H and O–H groups in total. The molecule has 3 heteroatoms. The van der Waals surface area contributed by atoms with Crippen molar-refractivity contribution < 1.29 is 9.47 Å². The molecule has 0 aromatic carbocycles. The molecule has 0 aliphatic rings. The van der Waals surface area contributed by atoms with Crippen molar-refractivity contribution in [3.05, 3.63) is 11.5 Å². The van der Waals surface area contributed by atoms with E-state index < -0.39 is 0 Å². The number of rotatable bonds is 4. The van der Waals surface area contributed by atoms with Gasteiger partial charge in [-0.3, -0.25) is 4.99 Å². The van der Waals surface area contributed by atoms with E-state index in [0.29, 0.717) is 5.76 Å². The first kappa shape index (κ1) is 10.0. The van der Waals surface area contributed by atoms with E-state index in [9.17, 15) is 0 Å². The number of hydrogen-bond donors (Lipinski definition) is 0. The van der Waals surface area contributed by atoms with Gasteiger partial charge >= 0.3 is 0 Å². The first-order chi connectivity index (χ1) is 5.29. The minimum absolute atomic E-state index is 0.692. The minimum atomic E-state index is 0.692. The molecule has 0 amide bonds. The van der Waals surface area contributed by atoms with Crippen molar-refractivity contribution in [1.29, 1.82) is 0 Å². The Kier molecular flexibility index (Phi) is 5.25. The van der Waals surface area contributed by atoms with Gasteiger partial charge in [-0.2, -0.15) is 0 Å². The molecule has 0 unspecified atom stereocenters. The normalized spacial score (nSPS) is 13.1. The van der Waals surface area contributed by atoms with Crippen LogP contribution >= 0.6 is 0 Å². The van der Waals surface area contributed by atoms with Gasteiger partial charge in [-0.25, -0.2) is 0 Å². The third kappa shape index (κ3) is 3.07. The van der Waals surface area contributed by atoms with Crippen molar-refractivity contribution in [1.82, 2.24) is 0 Å². The first-order valence-electron chi connectivity index (χ1n) is 3.53. The Morgan fingerprint density at radius 3 is 2.27 bits per heavy atom. The third-order valence-electron chi connectivity index (χ3n) is 1.31. The van der Waals surface area contributed by atoms with Gasteiger partial charge in [0.25, 0.3) is 0 Å². The van der Waals surface area contributed by atoms with Crippen LogP contribution in [0.25, 0.3) is 0 Å². The Labute approximate surface area is 67.7 Å². The Morgan fingerprint density at radius 1 is 1.36 bits per heavy atom. The second kappa shape index (κ2) is 5.77. The molecule has 0 bridgehead atoms. The summed E-state index contributed by atoms with van der Waals surface area (Å²) in [6, 6.07) is 0. The monoisotopic (exact) mass is 157 g/mol. The molecule has 0 fully saturated rings. The lowest BCUT2D eigenvalue weighted by Gasteiger charge is -2.06. The summed E-state index contributed by atoms with van der Waals surface area (Å²) >= 11 is 0. The molecule has 3 nitrogen and oxygen atoms in total. The van der Waals surface area contributed by atoms with Crippen LogP contribution in [0.2, 0.25) is 0 Å². The zero-order chi connectivity index (χ0) is 8.69. The topological polar surface area (TPSA) is 30.8 Å². The van der Waals surface area contributed by atoms with Gasteiger partial charge in [0.1, 0.15) is 5.76 Å². The molecule has 11 heavy (non-hydrogen) atoms. The number of allylic oxidation sites excluding steroid dienone is 2. The van der Waals surface area contributed by atoms with Crippen LogP contribution in [-0.4, -0.2) is 27.5 Å². The molecule has 0 rings (SSSR count). The van der Waals surface area contributed by atoms with Crippen LogP contribution < -0.4 is 0 Å². The predicted molar refractivity (Wildman–Crippen MR) is 45.8 cm³/mol. The van der Waals surface area contributed by atoms with Crippen molar-refractivity contribution in [2.75, 3.05) is 21.3 Å². The quantitative estimate of drug-likeness (QED) is 0.458. The van der Waals surface area contributed by atoms with E-state index in [4.69, 9.17) is 9.47 Å². The summed E-state index contributed by atoms with van der Waals surface area (Å²) in [5, 5.41) is 0. The van der Waals surface area contributed by atoms with Crippen LogP contribution in [0, 0.1) is 0 Å². The zero-order valence-corrected chi connectivity index (χ0v) is 7.55. The van der Waals surface area contributed by atoms with Crippen LogP contribution in [0.5, 0.6) is 0 Å². The van der Waals surface area contributed by atoms with Gasteiger partial charge < -0.3 is 9.47 Å². The molecule has 0 atom stereocenters. The number of ether oxygens (including phenoxy) is 2. The molecule has 0 saturated carbocycles. The van der Waals surface area contributed by atoms with Gasteiger partial charge in [-0.1, -0.05) is 6.92 Å². The maximum Gasteiger partial charge on any atom is 0.174 e. The SMILES string of the molecule is CC/C(OC)=C(\C=NC)OC. The van der Waals surface area contributed by atoms with Crippen LogP contribution in [0.15, 0.2) is 16.5 Å². The molecule has 0 aliphatic heterocycles. The number of methoxy groups -OCH3 is 2. The molecule has 64 valence electrons. The largest absolute Gasteiger partial charge is 0.497 e. The molecule has 0 aromatic rings. The zero-order valence-electron chi connectivity index (χ0n) is 7.55. The molecule has 0 heterocycles. The molecule has 0 saturated heterocycles. The first-order valence-corrected chi connectivity index (χ1v) is 3.53. The lowest BCUT2D eigenvalue weighted by atomic mass is 10.3. The van der Waals surface area contributed by atoms with E-state index >= 15 is 0 Å². The average Bonchev–Trinajstić information content (AvgIpc) is 2.05. The van der Waals surface area contributed by atoms with E-state index in [0.717, 1.165) is 12.2 Å². The van der Waals surface area contributed by atoms with Crippen LogP contribution in [0.1, 0.15) is 13.3 Å². The molecular weight excluding hydrogens is 142 g/mol. The number of nitrogens with zero attached hydrogens (tertiary/aromatic N) is 1. The fourth-order valence-corrected chi connectivity index (χ4v) is 0.775. The summed E-state index contributed by atoms with van der Waals surface area (Å²) < 4.78 is 10.1. The van der Waals surface area contributed by atoms with Crippen LogP contribution in [0.4, 0.5) is 0 Å². The fraction of sp³-hybridized carbons (Fsp3) is 0.625. The summed E-state index contributed by atoms with van der Waals surface area (Å²) in [6.07, 6.45) is 2.45. The second-order valence-corrected chi connectivity index (χ2v) is 1.94. The Balaban J connectivity index is 4.47. The molecule has 0 aliphatic carbocycles. The van der Waals surface area contributed by atoms with Gasteiger partial charge in [-0.05, 0) is 0 Å². The van der Waals surface area contributed by atoms with Crippen molar-refractivity contribution in [2.24, 2.45) is 4.99 Å². The Morgan fingerprint density at radius 2 is 2.00 bits per heavy atom. The van der Waals surface area contributed by atoms with Crippen molar-refractivity contribution in [2.45, 2.75) is 13.3 Å². The molecule has 0 radical (unpaired) electrons. The van der Waals surface area contributed by atoms with Crippen molar-refractivity contribution in [3.63, 3.8) is 0 Å². The predicted octanol–water partition coefficient (Wildman–Crippen LogP) is 1.60. The van der Waals surface area contributed by atoms with Gasteiger partial charge in [-0.15, -0.1) is 0 Å². The number of hydrogen-bond acceptors (Lipinski definition) is 3. The smallest absolute Gasteiger partial charge is 0.174 e.